The molecular weight excluding hydrogens is 350 g/mol. The second-order valence-corrected chi connectivity index (χ2v) is 5.93. The molecule has 6 nitrogen and oxygen atoms in total. The fraction of sp³-hybridized carbons (Fsp3) is 0.167. The Labute approximate surface area is 126 Å². The van der Waals surface area contributed by atoms with E-state index in [1.54, 1.807) is 12.1 Å². The van der Waals surface area contributed by atoms with Gasteiger partial charge in [-0.25, -0.2) is 0 Å². The number of carboxylic acid groups (broad SMARTS) is 1. The first kappa shape index (κ1) is 14.7. The Kier molecular flexibility index (Phi) is 4.24. The summed E-state index contributed by atoms with van der Waals surface area (Å²) in [6.07, 6.45) is 0. The number of hydrogen-bond donors (Lipinski definition) is 2. The minimum Gasteiger partial charge on any atom is -0.480 e. The van der Waals surface area contributed by atoms with Crippen LogP contribution in [0.25, 0.3) is 0 Å². The third-order valence-corrected chi connectivity index (χ3v) is 4.10. The fourth-order valence-electron chi connectivity index (χ4n) is 1.70. The van der Waals surface area contributed by atoms with Crippen molar-refractivity contribution in [2.24, 2.45) is 5.92 Å². The number of fused-ring (bicyclic) bond motifs is 1. The summed E-state index contributed by atoms with van der Waals surface area (Å²) in [5.74, 6) is -4.25. The molecule has 8 heteroatoms. The maximum absolute atomic E-state index is 12.2. The first-order chi connectivity index (χ1) is 9.40. The van der Waals surface area contributed by atoms with Gasteiger partial charge in [0.25, 0.3) is 0 Å². The number of carbonyl (C=O) groups is 4. The maximum Gasteiger partial charge on any atom is 0.322 e. The van der Waals surface area contributed by atoms with E-state index in [9.17, 15) is 19.2 Å². The summed E-state index contributed by atoms with van der Waals surface area (Å²) in [5.41, 5.74) is 0.277. The summed E-state index contributed by atoms with van der Waals surface area (Å²) in [4.78, 5) is 46.7. The molecule has 2 rings (SSSR count). The Morgan fingerprint density at radius 2 is 2.05 bits per heavy atom. The van der Waals surface area contributed by atoms with E-state index in [2.05, 4.69) is 21.2 Å². The molecule has 0 fully saturated rings. The number of nitrogens with one attached hydrogen (secondary N) is 1. The number of amides is 1. The average Bonchev–Trinajstić information content (AvgIpc) is 2.37. The van der Waals surface area contributed by atoms with E-state index < -0.39 is 35.2 Å². The second-order valence-electron chi connectivity index (χ2n) is 3.97. The van der Waals surface area contributed by atoms with Crippen LogP contribution in [0.4, 0.5) is 0 Å². The van der Waals surface area contributed by atoms with Crippen molar-refractivity contribution in [1.29, 1.82) is 0 Å². The summed E-state index contributed by atoms with van der Waals surface area (Å²) < 4.78 is 0.657. The van der Waals surface area contributed by atoms with Gasteiger partial charge >= 0.3 is 5.97 Å². The van der Waals surface area contributed by atoms with E-state index in [0.717, 1.165) is 11.8 Å². The van der Waals surface area contributed by atoms with E-state index in [-0.39, 0.29) is 5.56 Å². The molecule has 0 aliphatic carbocycles. The van der Waals surface area contributed by atoms with Crippen LogP contribution in [0.1, 0.15) is 10.4 Å². The van der Waals surface area contributed by atoms with Crippen LogP contribution in [0, 0.1) is 5.92 Å². The third-order valence-electron chi connectivity index (χ3n) is 2.59. The predicted octanol–water partition coefficient (Wildman–Crippen LogP) is 1.08. The standard InChI is InChI=1S/C12H8BrNO5S/c13-5-1-2-7-6(3-5)10(17)9(12(19)20-7)11(18)14-4-8(15)16/h1-3,9H,4H2,(H,14,18)(H,15,16). The lowest BCUT2D eigenvalue weighted by atomic mass is 9.97. The molecule has 0 spiro atoms. The van der Waals surface area contributed by atoms with E-state index in [1.165, 1.54) is 6.07 Å². The molecule has 1 aromatic carbocycles. The van der Waals surface area contributed by atoms with Gasteiger partial charge in [0.2, 0.25) is 11.0 Å². The Bertz CT molecular complexity index is 630. The number of Topliss-reactive ketones (excluding diaryl/α,β-unsaturated/α-hetero) is 1. The van der Waals surface area contributed by atoms with E-state index in [0.29, 0.717) is 9.37 Å². The normalized spacial score (nSPS) is 17.6. The van der Waals surface area contributed by atoms with Crippen LogP contribution in [-0.4, -0.2) is 34.4 Å². The van der Waals surface area contributed by atoms with Crippen molar-refractivity contribution in [3.8, 4) is 0 Å². The lowest BCUT2D eigenvalue weighted by Gasteiger charge is -2.20. The molecular formula is C12H8BrNO5S. The summed E-state index contributed by atoms with van der Waals surface area (Å²) >= 11 is 4.02. The molecule has 1 aliphatic heterocycles. The summed E-state index contributed by atoms with van der Waals surface area (Å²) in [6.45, 7) is -0.633. The van der Waals surface area contributed by atoms with Gasteiger partial charge in [0.1, 0.15) is 6.54 Å². The lowest BCUT2D eigenvalue weighted by molar-refractivity contribution is -0.139. The van der Waals surface area contributed by atoms with Gasteiger partial charge in [0.05, 0.1) is 0 Å². The largest absolute Gasteiger partial charge is 0.480 e. The maximum atomic E-state index is 12.2. The molecule has 1 unspecified atom stereocenters. The van der Waals surface area contributed by atoms with Crippen molar-refractivity contribution in [2.75, 3.05) is 6.54 Å². The van der Waals surface area contributed by atoms with Gasteiger partial charge in [-0.05, 0) is 30.0 Å². The molecule has 1 heterocycles. The Balaban J connectivity index is 2.28. The van der Waals surface area contributed by atoms with Crippen LogP contribution in [-0.2, 0) is 14.4 Å². The molecule has 0 bridgehead atoms. The number of aliphatic carboxylic acids is 1. The zero-order chi connectivity index (χ0) is 14.9. The minimum atomic E-state index is -1.50. The number of benzene rings is 1. The molecule has 1 amide bonds. The van der Waals surface area contributed by atoms with Crippen LogP contribution in [0.3, 0.4) is 0 Å². The highest BCUT2D eigenvalue weighted by atomic mass is 79.9. The van der Waals surface area contributed by atoms with Crippen LogP contribution in [0.15, 0.2) is 27.6 Å². The molecule has 1 aliphatic rings. The number of carboxylic acids is 1. The zero-order valence-electron chi connectivity index (χ0n) is 9.88. The van der Waals surface area contributed by atoms with Gasteiger partial charge in [-0.1, -0.05) is 15.9 Å². The van der Waals surface area contributed by atoms with E-state index in [1.807, 2.05) is 0 Å². The summed E-state index contributed by atoms with van der Waals surface area (Å²) in [7, 11) is 0. The van der Waals surface area contributed by atoms with Gasteiger partial charge in [0.15, 0.2) is 11.7 Å². The van der Waals surface area contributed by atoms with Crippen LogP contribution in [0.2, 0.25) is 0 Å². The number of carbonyl (C=O) groups excluding carboxylic acids is 3. The molecule has 0 saturated carbocycles. The predicted molar refractivity (Wildman–Crippen MR) is 73.5 cm³/mol. The van der Waals surface area contributed by atoms with Crippen molar-refractivity contribution >= 4 is 50.5 Å². The molecule has 20 heavy (non-hydrogen) atoms. The Hall–Kier alpha value is -1.67. The Morgan fingerprint density at radius 3 is 2.70 bits per heavy atom. The average molecular weight is 358 g/mol. The smallest absolute Gasteiger partial charge is 0.322 e. The Morgan fingerprint density at radius 1 is 1.35 bits per heavy atom. The van der Waals surface area contributed by atoms with Gasteiger partial charge in [0, 0.05) is 14.9 Å². The van der Waals surface area contributed by atoms with Gasteiger partial charge in [-0.2, -0.15) is 0 Å². The van der Waals surface area contributed by atoms with E-state index >= 15 is 0 Å². The highest BCUT2D eigenvalue weighted by Gasteiger charge is 2.40. The van der Waals surface area contributed by atoms with Crippen molar-refractivity contribution in [2.45, 2.75) is 4.90 Å². The lowest BCUT2D eigenvalue weighted by Crippen LogP contribution is -2.42. The van der Waals surface area contributed by atoms with Crippen molar-refractivity contribution in [3.63, 3.8) is 0 Å². The van der Waals surface area contributed by atoms with E-state index in [4.69, 9.17) is 5.11 Å². The van der Waals surface area contributed by atoms with Crippen LogP contribution in [0.5, 0.6) is 0 Å². The van der Waals surface area contributed by atoms with Gasteiger partial charge in [-0.15, -0.1) is 0 Å². The fourth-order valence-corrected chi connectivity index (χ4v) is 3.02. The molecule has 1 aromatic rings. The first-order valence-corrected chi connectivity index (χ1v) is 7.06. The second kappa shape index (κ2) is 5.76. The molecule has 104 valence electrons. The first-order valence-electron chi connectivity index (χ1n) is 5.45. The summed E-state index contributed by atoms with van der Waals surface area (Å²) in [5, 5.41) is 9.94. The quantitative estimate of drug-likeness (QED) is 0.785. The topological polar surface area (TPSA) is 101 Å². The third kappa shape index (κ3) is 2.91. The molecule has 1 atom stereocenters. The molecule has 0 aromatic heterocycles. The highest BCUT2D eigenvalue weighted by molar-refractivity contribution is 9.10. The van der Waals surface area contributed by atoms with Crippen molar-refractivity contribution < 1.29 is 24.3 Å². The monoisotopic (exact) mass is 357 g/mol. The highest BCUT2D eigenvalue weighted by Crippen LogP contribution is 2.35. The summed E-state index contributed by atoms with van der Waals surface area (Å²) in [6, 6.07) is 4.84. The van der Waals surface area contributed by atoms with Gasteiger partial charge < -0.3 is 10.4 Å². The molecule has 0 saturated heterocycles. The van der Waals surface area contributed by atoms with Crippen molar-refractivity contribution in [1.82, 2.24) is 5.32 Å². The SMILES string of the molecule is O=C(O)CNC(=O)C1C(=O)Sc2ccc(Br)cc2C1=O. The van der Waals surface area contributed by atoms with Crippen molar-refractivity contribution in [3.05, 3.63) is 28.2 Å². The number of hydrogen-bond acceptors (Lipinski definition) is 5. The number of rotatable bonds is 3. The van der Waals surface area contributed by atoms with Gasteiger partial charge in [-0.3, -0.25) is 19.2 Å². The number of thioether (sulfide) groups is 1. The molecule has 0 radical (unpaired) electrons. The number of ketones is 1. The van der Waals surface area contributed by atoms with Crippen LogP contribution >= 0.6 is 27.7 Å². The molecule has 2 N–H and O–H groups in total. The zero-order valence-corrected chi connectivity index (χ0v) is 12.3. The number of halogens is 1. The van der Waals surface area contributed by atoms with Crippen LogP contribution < -0.4 is 5.32 Å². The minimum absolute atomic E-state index is 0.277.